The third kappa shape index (κ3) is 19.7. The van der Waals surface area contributed by atoms with E-state index in [1.807, 2.05) is 0 Å². The molecule has 0 fully saturated rings. The minimum absolute atomic E-state index is 0.943. The van der Waals surface area contributed by atoms with Gasteiger partial charge in [-0.3, -0.25) is 0 Å². The third-order valence-electron chi connectivity index (χ3n) is 5.16. The summed E-state index contributed by atoms with van der Waals surface area (Å²) in [7, 11) is 0. The Morgan fingerprint density at radius 3 is 1.48 bits per heavy atom. The molecule has 0 saturated heterocycles. The third-order valence-corrected chi connectivity index (χ3v) is 5.16. The second kappa shape index (κ2) is 19.8. The van der Waals surface area contributed by atoms with Crippen LogP contribution in [0.5, 0.6) is 0 Å². The van der Waals surface area contributed by atoms with Crippen molar-refractivity contribution >= 4 is 0 Å². The summed E-state index contributed by atoms with van der Waals surface area (Å²) in [5, 5.41) is 0. The molecule has 23 heavy (non-hydrogen) atoms. The Kier molecular flexibility index (Phi) is 19.6. The largest absolute Gasteiger partial charge is 0.0885 e. The molecule has 0 N–H and O–H groups in total. The first-order valence-corrected chi connectivity index (χ1v) is 11.0. The molecule has 0 radical (unpaired) electrons. The Labute approximate surface area is 148 Å². The summed E-state index contributed by atoms with van der Waals surface area (Å²) in [5.41, 5.74) is 0. The number of hydrogen-bond acceptors (Lipinski definition) is 0. The number of hydrogen-bond donors (Lipinski definition) is 0. The van der Waals surface area contributed by atoms with Crippen molar-refractivity contribution in [3.63, 3.8) is 0 Å². The summed E-state index contributed by atoms with van der Waals surface area (Å²) in [6, 6.07) is 0. The van der Waals surface area contributed by atoms with E-state index >= 15 is 0 Å². The van der Waals surface area contributed by atoms with Gasteiger partial charge in [-0.15, -0.1) is 0 Å². The minimum atomic E-state index is 0.943. The van der Waals surface area contributed by atoms with Gasteiger partial charge in [-0.2, -0.15) is 0 Å². The zero-order valence-corrected chi connectivity index (χ0v) is 16.8. The van der Waals surface area contributed by atoms with E-state index in [-0.39, 0.29) is 0 Å². The summed E-state index contributed by atoms with van der Waals surface area (Å²) in [4.78, 5) is 0. The van der Waals surface area contributed by atoms with E-state index in [0.717, 1.165) is 5.92 Å². The first-order chi connectivity index (χ1) is 11.3. The maximum Gasteiger partial charge on any atom is -0.0351 e. The van der Waals surface area contributed by atoms with Crippen molar-refractivity contribution in [1.29, 1.82) is 0 Å². The summed E-state index contributed by atoms with van der Waals surface area (Å²) in [6.45, 7) is 6.99. The lowest BCUT2D eigenvalue weighted by Crippen LogP contribution is -1.91. The van der Waals surface area contributed by atoms with Crippen LogP contribution < -0.4 is 0 Å². The van der Waals surface area contributed by atoms with Crippen LogP contribution in [-0.4, -0.2) is 0 Å². The average molecular weight is 323 g/mol. The molecule has 0 rings (SSSR count). The van der Waals surface area contributed by atoms with Crippen LogP contribution in [0.2, 0.25) is 0 Å². The standard InChI is InChI=1S/C23H46/c1-4-6-7-8-9-10-11-12-13-14-15-16-17-18-19-20-21-22-23(3)5-2/h12-13,23H,4-11,14-22H2,1-3H3/b13-12+. The van der Waals surface area contributed by atoms with Gasteiger partial charge >= 0.3 is 0 Å². The van der Waals surface area contributed by atoms with Crippen LogP contribution in [0, 0.1) is 5.92 Å². The lowest BCUT2D eigenvalue weighted by atomic mass is 9.99. The van der Waals surface area contributed by atoms with E-state index in [9.17, 15) is 0 Å². The molecule has 1 atom stereocenters. The van der Waals surface area contributed by atoms with Gasteiger partial charge in [0.25, 0.3) is 0 Å². The van der Waals surface area contributed by atoms with Crippen LogP contribution in [0.25, 0.3) is 0 Å². The van der Waals surface area contributed by atoms with Gasteiger partial charge in [-0.05, 0) is 31.6 Å². The Balaban J connectivity index is 3.08. The van der Waals surface area contributed by atoms with Crippen molar-refractivity contribution < 1.29 is 0 Å². The predicted molar refractivity (Wildman–Crippen MR) is 108 cm³/mol. The number of allylic oxidation sites excluding steroid dienone is 2. The van der Waals surface area contributed by atoms with Crippen molar-refractivity contribution in [2.75, 3.05) is 0 Å². The zero-order chi connectivity index (χ0) is 17.0. The van der Waals surface area contributed by atoms with Crippen molar-refractivity contribution in [1.82, 2.24) is 0 Å². The number of rotatable bonds is 18. The Morgan fingerprint density at radius 2 is 1.00 bits per heavy atom. The van der Waals surface area contributed by atoms with Gasteiger partial charge in [0.15, 0.2) is 0 Å². The Morgan fingerprint density at radius 1 is 0.565 bits per heavy atom. The van der Waals surface area contributed by atoms with Crippen molar-refractivity contribution in [2.24, 2.45) is 5.92 Å². The van der Waals surface area contributed by atoms with Crippen LogP contribution >= 0.6 is 0 Å². The Bertz CT molecular complexity index is 228. The highest BCUT2D eigenvalue weighted by Gasteiger charge is 1.98. The van der Waals surface area contributed by atoms with E-state index < -0.39 is 0 Å². The fourth-order valence-corrected chi connectivity index (χ4v) is 3.12. The SMILES string of the molecule is CCCCCCCC/C=C/CCCCCCCCCC(C)CC. The first-order valence-electron chi connectivity index (χ1n) is 11.0. The second-order valence-electron chi connectivity index (χ2n) is 7.59. The molecule has 0 aliphatic heterocycles. The molecule has 0 bridgehead atoms. The molecule has 0 heterocycles. The zero-order valence-electron chi connectivity index (χ0n) is 16.8. The van der Waals surface area contributed by atoms with E-state index in [1.54, 1.807) is 0 Å². The molecule has 0 saturated carbocycles. The quantitative estimate of drug-likeness (QED) is 0.174. The van der Waals surface area contributed by atoms with E-state index in [4.69, 9.17) is 0 Å². The van der Waals surface area contributed by atoms with Gasteiger partial charge in [-0.1, -0.05) is 116 Å². The van der Waals surface area contributed by atoms with Crippen LogP contribution in [0.1, 0.15) is 130 Å². The fourth-order valence-electron chi connectivity index (χ4n) is 3.12. The van der Waals surface area contributed by atoms with Crippen LogP contribution in [0.4, 0.5) is 0 Å². The molecule has 0 aliphatic rings. The number of unbranched alkanes of at least 4 members (excludes halogenated alkanes) is 13. The molecule has 0 amide bonds. The molecule has 138 valence electrons. The Hall–Kier alpha value is -0.260. The first kappa shape index (κ1) is 22.7. The van der Waals surface area contributed by atoms with E-state index in [1.165, 1.54) is 109 Å². The predicted octanol–water partition coefficient (Wildman–Crippen LogP) is 8.85. The lowest BCUT2D eigenvalue weighted by molar-refractivity contribution is 0.470. The van der Waals surface area contributed by atoms with E-state index in [2.05, 4.69) is 32.9 Å². The highest BCUT2D eigenvalue weighted by atomic mass is 14.0. The van der Waals surface area contributed by atoms with Crippen LogP contribution in [-0.2, 0) is 0 Å². The minimum Gasteiger partial charge on any atom is -0.0885 e. The maximum atomic E-state index is 2.43. The monoisotopic (exact) mass is 322 g/mol. The average Bonchev–Trinajstić information content (AvgIpc) is 2.57. The van der Waals surface area contributed by atoms with Gasteiger partial charge < -0.3 is 0 Å². The highest BCUT2D eigenvalue weighted by molar-refractivity contribution is 4.81. The molecule has 0 nitrogen and oxygen atoms in total. The van der Waals surface area contributed by atoms with Gasteiger partial charge in [0.1, 0.15) is 0 Å². The van der Waals surface area contributed by atoms with Gasteiger partial charge in [0.2, 0.25) is 0 Å². The lowest BCUT2D eigenvalue weighted by Gasteiger charge is -2.07. The van der Waals surface area contributed by atoms with Crippen molar-refractivity contribution in [3.8, 4) is 0 Å². The van der Waals surface area contributed by atoms with Gasteiger partial charge in [0.05, 0.1) is 0 Å². The molecular weight excluding hydrogens is 276 g/mol. The summed E-state index contributed by atoms with van der Waals surface area (Å²) in [5.74, 6) is 0.943. The molecule has 0 aromatic rings. The molecule has 0 aliphatic carbocycles. The highest BCUT2D eigenvalue weighted by Crippen LogP contribution is 2.15. The van der Waals surface area contributed by atoms with Crippen LogP contribution in [0.3, 0.4) is 0 Å². The van der Waals surface area contributed by atoms with Crippen molar-refractivity contribution in [2.45, 2.75) is 130 Å². The van der Waals surface area contributed by atoms with E-state index in [0.29, 0.717) is 0 Å². The molecule has 0 aromatic heterocycles. The molecular formula is C23H46. The van der Waals surface area contributed by atoms with Crippen LogP contribution in [0.15, 0.2) is 12.2 Å². The topological polar surface area (TPSA) is 0 Å². The smallest absolute Gasteiger partial charge is 0.0351 e. The molecule has 1 unspecified atom stereocenters. The fraction of sp³-hybridized carbons (Fsp3) is 0.913. The summed E-state index contributed by atoms with van der Waals surface area (Å²) < 4.78 is 0. The van der Waals surface area contributed by atoms with Crippen molar-refractivity contribution in [3.05, 3.63) is 12.2 Å². The second-order valence-corrected chi connectivity index (χ2v) is 7.59. The molecule has 0 heteroatoms. The summed E-state index contributed by atoms with van der Waals surface area (Å²) in [6.07, 6.45) is 28.9. The van der Waals surface area contributed by atoms with Gasteiger partial charge in [0, 0.05) is 0 Å². The summed E-state index contributed by atoms with van der Waals surface area (Å²) >= 11 is 0. The maximum absolute atomic E-state index is 2.43. The van der Waals surface area contributed by atoms with Gasteiger partial charge in [-0.25, -0.2) is 0 Å². The molecule has 0 aromatic carbocycles. The normalized spacial score (nSPS) is 13.0. The molecule has 0 spiro atoms.